The lowest BCUT2D eigenvalue weighted by Gasteiger charge is -2.10. The number of ether oxygens (including phenoxy) is 2. The van der Waals surface area contributed by atoms with Crippen molar-refractivity contribution in [3.05, 3.63) is 59.7 Å². The first kappa shape index (κ1) is 28.3. The Morgan fingerprint density at radius 1 is 0.861 bits per heavy atom. The van der Waals surface area contributed by atoms with Crippen molar-refractivity contribution < 1.29 is 41.8 Å². The SMILES string of the molecule is CC(C)COC(=O)c1ccc(NC(=O)CCCC(=O)OCC(=O)Nc2cccc(C(F)(F)F)c2)cc1. The Balaban J connectivity index is 1.67. The number of nitrogens with one attached hydrogen (secondary N) is 2. The third-order valence-electron chi connectivity index (χ3n) is 4.57. The highest BCUT2D eigenvalue weighted by Crippen LogP contribution is 2.30. The van der Waals surface area contributed by atoms with E-state index in [9.17, 15) is 32.3 Å². The van der Waals surface area contributed by atoms with Gasteiger partial charge in [0.05, 0.1) is 17.7 Å². The summed E-state index contributed by atoms with van der Waals surface area (Å²) in [6.07, 6.45) is -4.53. The molecule has 8 nitrogen and oxygen atoms in total. The second kappa shape index (κ2) is 13.3. The standard InChI is InChI=1S/C25H27F3N2O6/c1-16(2)14-36-24(34)17-9-11-19(12-10-17)29-21(31)7-4-8-23(33)35-15-22(32)30-20-6-3-5-18(13-20)25(26,27)28/h3,5-6,9-13,16H,4,7-8,14-15H2,1-2H3,(H,29,31)(H,30,32). The van der Waals surface area contributed by atoms with Gasteiger partial charge >= 0.3 is 18.1 Å². The van der Waals surface area contributed by atoms with Crippen molar-refractivity contribution in [3.8, 4) is 0 Å². The van der Waals surface area contributed by atoms with Crippen LogP contribution in [0.4, 0.5) is 24.5 Å². The highest BCUT2D eigenvalue weighted by Gasteiger charge is 2.30. The van der Waals surface area contributed by atoms with Gasteiger partial charge < -0.3 is 20.1 Å². The fraction of sp³-hybridized carbons (Fsp3) is 0.360. The van der Waals surface area contributed by atoms with Crippen LogP contribution >= 0.6 is 0 Å². The molecule has 2 aromatic carbocycles. The molecular formula is C25H27F3N2O6. The molecule has 0 spiro atoms. The Hall–Kier alpha value is -3.89. The Kier molecular flexibility index (Phi) is 10.4. The molecule has 2 aromatic rings. The lowest BCUT2D eigenvalue weighted by Crippen LogP contribution is -2.21. The summed E-state index contributed by atoms with van der Waals surface area (Å²) in [5, 5.41) is 4.86. The molecule has 0 saturated carbocycles. The molecule has 0 aliphatic rings. The third-order valence-corrected chi connectivity index (χ3v) is 4.57. The van der Waals surface area contributed by atoms with Gasteiger partial charge in [0, 0.05) is 24.2 Å². The van der Waals surface area contributed by atoms with E-state index >= 15 is 0 Å². The Morgan fingerprint density at radius 2 is 1.53 bits per heavy atom. The second-order valence-corrected chi connectivity index (χ2v) is 8.26. The van der Waals surface area contributed by atoms with Gasteiger partial charge in [0.15, 0.2) is 6.61 Å². The van der Waals surface area contributed by atoms with Crippen LogP contribution in [0.15, 0.2) is 48.5 Å². The van der Waals surface area contributed by atoms with E-state index < -0.39 is 36.2 Å². The predicted molar refractivity (Wildman–Crippen MR) is 125 cm³/mol. The first-order chi connectivity index (χ1) is 16.9. The second-order valence-electron chi connectivity index (χ2n) is 8.26. The number of carbonyl (C=O) groups excluding carboxylic acids is 4. The highest BCUT2D eigenvalue weighted by atomic mass is 19.4. The van der Waals surface area contributed by atoms with E-state index in [1.807, 2.05) is 13.8 Å². The molecule has 36 heavy (non-hydrogen) atoms. The Morgan fingerprint density at radius 3 is 2.17 bits per heavy atom. The average molecular weight is 508 g/mol. The fourth-order valence-electron chi connectivity index (χ4n) is 2.82. The Bertz CT molecular complexity index is 1070. The molecule has 0 radical (unpaired) electrons. The van der Waals surface area contributed by atoms with Crippen LogP contribution in [-0.4, -0.2) is 37.0 Å². The lowest BCUT2D eigenvalue weighted by molar-refractivity contribution is -0.147. The molecule has 0 aliphatic carbocycles. The number of hydrogen-bond acceptors (Lipinski definition) is 6. The number of esters is 2. The van der Waals surface area contributed by atoms with Gasteiger partial charge in [-0.05, 0) is 54.8 Å². The lowest BCUT2D eigenvalue weighted by atomic mass is 10.2. The van der Waals surface area contributed by atoms with E-state index in [2.05, 4.69) is 10.6 Å². The number of anilines is 2. The average Bonchev–Trinajstić information content (AvgIpc) is 2.81. The van der Waals surface area contributed by atoms with Crippen LogP contribution in [0, 0.1) is 5.92 Å². The highest BCUT2D eigenvalue weighted by molar-refractivity contribution is 5.94. The van der Waals surface area contributed by atoms with Gasteiger partial charge in [0.1, 0.15) is 0 Å². The van der Waals surface area contributed by atoms with Gasteiger partial charge in [0.25, 0.3) is 5.91 Å². The van der Waals surface area contributed by atoms with Crippen molar-refractivity contribution in [2.75, 3.05) is 23.8 Å². The van der Waals surface area contributed by atoms with Gasteiger partial charge in [-0.1, -0.05) is 19.9 Å². The third kappa shape index (κ3) is 10.2. The van der Waals surface area contributed by atoms with Crippen LogP contribution in [0.3, 0.4) is 0 Å². The van der Waals surface area contributed by atoms with Gasteiger partial charge in [0.2, 0.25) is 5.91 Å². The molecule has 0 atom stereocenters. The van der Waals surface area contributed by atoms with Crippen LogP contribution in [0.1, 0.15) is 49.0 Å². The molecule has 0 aromatic heterocycles. The summed E-state index contributed by atoms with van der Waals surface area (Å²) in [5.41, 5.74) is -0.179. The summed E-state index contributed by atoms with van der Waals surface area (Å²) in [7, 11) is 0. The fourth-order valence-corrected chi connectivity index (χ4v) is 2.82. The minimum Gasteiger partial charge on any atom is -0.462 e. The van der Waals surface area contributed by atoms with Crippen LogP contribution in [0.5, 0.6) is 0 Å². The quantitative estimate of drug-likeness (QED) is 0.422. The molecule has 0 fully saturated rings. The number of amides is 2. The van der Waals surface area contributed by atoms with Gasteiger partial charge in [-0.25, -0.2) is 4.79 Å². The topological polar surface area (TPSA) is 111 Å². The number of halogens is 3. The molecule has 0 aliphatic heterocycles. The maximum absolute atomic E-state index is 12.7. The van der Waals surface area contributed by atoms with Gasteiger partial charge in [-0.2, -0.15) is 13.2 Å². The summed E-state index contributed by atoms with van der Waals surface area (Å²) in [4.78, 5) is 47.6. The van der Waals surface area contributed by atoms with Crippen LogP contribution in [-0.2, 0) is 30.0 Å². The number of carbonyl (C=O) groups is 4. The van der Waals surface area contributed by atoms with E-state index in [1.54, 1.807) is 12.1 Å². The maximum Gasteiger partial charge on any atom is 0.416 e. The molecule has 11 heteroatoms. The van der Waals surface area contributed by atoms with Crippen molar-refractivity contribution in [2.24, 2.45) is 5.92 Å². The number of alkyl halides is 3. The summed E-state index contributed by atoms with van der Waals surface area (Å²) in [6.45, 7) is 3.48. The summed E-state index contributed by atoms with van der Waals surface area (Å²) in [6, 6.07) is 10.2. The summed E-state index contributed by atoms with van der Waals surface area (Å²) >= 11 is 0. The maximum atomic E-state index is 12.7. The van der Waals surface area contributed by atoms with E-state index in [4.69, 9.17) is 9.47 Å². The molecule has 0 saturated heterocycles. The van der Waals surface area contributed by atoms with Crippen molar-refractivity contribution >= 4 is 35.1 Å². The molecular weight excluding hydrogens is 481 g/mol. The molecule has 0 unspecified atom stereocenters. The van der Waals surface area contributed by atoms with Crippen molar-refractivity contribution in [2.45, 2.75) is 39.3 Å². The zero-order chi connectivity index (χ0) is 26.7. The predicted octanol–water partition coefficient (Wildman–Crippen LogP) is 4.81. The van der Waals surface area contributed by atoms with Crippen molar-refractivity contribution in [1.82, 2.24) is 0 Å². The largest absolute Gasteiger partial charge is 0.462 e. The molecule has 194 valence electrons. The first-order valence-corrected chi connectivity index (χ1v) is 11.1. The molecule has 2 amide bonds. The first-order valence-electron chi connectivity index (χ1n) is 11.1. The summed E-state index contributed by atoms with van der Waals surface area (Å²) in [5.74, 6) is -2.13. The zero-order valence-electron chi connectivity index (χ0n) is 19.8. The van der Waals surface area contributed by atoms with Crippen molar-refractivity contribution in [3.63, 3.8) is 0 Å². The van der Waals surface area contributed by atoms with E-state index in [0.29, 0.717) is 17.9 Å². The van der Waals surface area contributed by atoms with Crippen LogP contribution in [0.2, 0.25) is 0 Å². The Labute approximate surface area is 206 Å². The smallest absolute Gasteiger partial charge is 0.416 e. The number of rotatable bonds is 11. The molecule has 0 heterocycles. The van der Waals surface area contributed by atoms with Gasteiger partial charge in [-0.3, -0.25) is 14.4 Å². The minimum atomic E-state index is -4.55. The van der Waals surface area contributed by atoms with Crippen LogP contribution < -0.4 is 10.6 Å². The normalized spacial score (nSPS) is 11.1. The van der Waals surface area contributed by atoms with Crippen LogP contribution in [0.25, 0.3) is 0 Å². The molecule has 2 N–H and O–H groups in total. The van der Waals surface area contributed by atoms with E-state index in [1.165, 1.54) is 18.2 Å². The molecule has 0 bridgehead atoms. The van der Waals surface area contributed by atoms with E-state index in [-0.39, 0.29) is 36.8 Å². The minimum absolute atomic E-state index is 0.00368. The monoisotopic (exact) mass is 508 g/mol. The number of benzene rings is 2. The van der Waals surface area contributed by atoms with Crippen molar-refractivity contribution in [1.29, 1.82) is 0 Å². The number of hydrogen-bond donors (Lipinski definition) is 2. The molecule has 2 rings (SSSR count). The van der Waals surface area contributed by atoms with E-state index in [0.717, 1.165) is 18.2 Å². The zero-order valence-corrected chi connectivity index (χ0v) is 19.8. The van der Waals surface area contributed by atoms with Gasteiger partial charge in [-0.15, -0.1) is 0 Å². The summed E-state index contributed by atoms with van der Waals surface area (Å²) < 4.78 is 48.1.